The largest absolute Gasteiger partial charge is 0.297 e. The Hall–Kier alpha value is 0.790. The number of hydrogen-bond acceptors (Lipinski definition) is 2. The highest BCUT2D eigenvalue weighted by Gasteiger charge is 2.39. The third kappa shape index (κ3) is 2.48. The first-order chi connectivity index (χ1) is 6.81. The lowest BCUT2D eigenvalue weighted by Crippen LogP contribution is -2.43. The fourth-order valence-electron chi connectivity index (χ4n) is 2.96. The van der Waals surface area contributed by atoms with Crippen LogP contribution in [0.5, 0.6) is 0 Å². The van der Waals surface area contributed by atoms with Gasteiger partial charge in [-0.3, -0.25) is 4.90 Å². The van der Waals surface area contributed by atoms with Gasteiger partial charge in [0, 0.05) is 16.9 Å². The monoisotopic (exact) mass is 277 g/mol. The number of hydrogen-bond donors (Lipinski definition) is 0. The number of fused-ring (bicyclic) bond motifs is 2. The minimum absolute atomic E-state index is 0.803. The summed E-state index contributed by atoms with van der Waals surface area (Å²) < 4.78 is 0. The van der Waals surface area contributed by atoms with Gasteiger partial charge in [-0.1, -0.05) is 15.9 Å². The predicted octanol–water partition coefficient (Wildman–Crippen LogP) is 3.13. The number of thioether (sulfide) groups is 1. The van der Waals surface area contributed by atoms with E-state index < -0.39 is 0 Å². The number of halogens is 1. The van der Waals surface area contributed by atoms with Gasteiger partial charge >= 0.3 is 0 Å². The summed E-state index contributed by atoms with van der Waals surface area (Å²) >= 11 is 5.77. The summed E-state index contributed by atoms with van der Waals surface area (Å²) in [6, 6.07) is 1.81. The van der Waals surface area contributed by atoms with Gasteiger partial charge in [-0.15, -0.1) is 0 Å². The van der Waals surface area contributed by atoms with Gasteiger partial charge in [0.25, 0.3) is 0 Å². The van der Waals surface area contributed by atoms with Gasteiger partial charge in [-0.05, 0) is 50.7 Å². The molecule has 2 aliphatic heterocycles. The molecule has 2 heterocycles. The van der Waals surface area contributed by atoms with E-state index >= 15 is 0 Å². The van der Waals surface area contributed by atoms with Crippen LogP contribution in [0.3, 0.4) is 0 Å². The first kappa shape index (κ1) is 11.3. The van der Waals surface area contributed by atoms with Crippen molar-refractivity contribution in [3.63, 3.8) is 0 Å². The third-order valence-electron chi connectivity index (χ3n) is 3.59. The van der Waals surface area contributed by atoms with Gasteiger partial charge in [0.2, 0.25) is 0 Å². The van der Waals surface area contributed by atoms with Crippen molar-refractivity contribution in [3.05, 3.63) is 0 Å². The van der Waals surface area contributed by atoms with Crippen LogP contribution in [-0.4, -0.2) is 40.4 Å². The minimum atomic E-state index is 0.803. The molecule has 0 radical (unpaired) electrons. The fourth-order valence-corrected chi connectivity index (χ4v) is 4.25. The molecule has 2 saturated heterocycles. The Balaban J connectivity index is 1.82. The molecule has 2 unspecified atom stereocenters. The molecule has 2 atom stereocenters. The predicted molar refractivity (Wildman–Crippen MR) is 68.5 cm³/mol. The van der Waals surface area contributed by atoms with Crippen molar-refractivity contribution in [2.24, 2.45) is 0 Å². The van der Waals surface area contributed by atoms with E-state index in [1.54, 1.807) is 0 Å². The maximum absolute atomic E-state index is 3.79. The summed E-state index contributed by atoms with van der Waals surface area (Å²) in [6.45, 7) is 1.34. The zero-order chi connectivity index (χ0) is 9.97. The summed E-state index contributed by atoms with van der Waals surface area (Å²) in [5, 5.41) is 0. The maximum Gasteiger partial charge on any atom is 0.0175 e. The molecule has 0 aromatic rings. The first-order valence-corrected chi connectivity index (χ1v) is 8.01. The Morgan fingerprint density at radius 3 is 2.50 bits per heavy atom. The van der Waals surface area contributed by atoms with Crippen LogP contribution in [0.1, 0.15) is 32.1 Å². The van der Waals surface area contributed by atoms with Crippen LogP contribution >= 0.6 is 27.7 Å². The summed E-state index contributed by atoms with van der Waals surface area (Å²) in [6.07, 6.45) is 9.25. The van der Waals surface area contributed by atoms with E-state index in [1.807, 2.05) is 11.8 Å². The summed E-state index contributed by atoms with van der Waals surface area (Å²) in [7, 11) is 0. The molecule has 2 bridgehead atoms. The van der Waals surface area contributed by atoms with Crippen molar-refractivity contribution in [1.29, 1.82) is 0 Å². The fraction of sp³-hybridized carbons (Fsp3) is 1.00. The minimum Gasteiger partial charge on any atom is -0.297 e. The topological polar surface area (TPSA) is 3.24 Å². The lowest BCUT2D eigenvalue weighted by molar-refractivity contribution is 0.146. The lowest BCUT2D eigenvalue weighted by Gasteiger charge is -2.37. The number of rotatable bonds is 4. The zero-order valence-electron chi connectivity index (χ0n) is 8.92. The molecule has 0 N–H and O–H groups in total. The van der Waals surface area contributed by atoms with Crippen LogP contribution in [-0.2, 0) is 0 Å². The molecule has 2 rings (SSSR count). The van der Waals surface area contributed by atoms with Gasteiger partial charge in [-0.25, -0.2) is 0 Å². The van der Waals surface area contributed by atoms with Crippen LogP contribution in [0.4, 0.5) is 0 Å². The van der Waals surface area contributed by atoms with Gasteiger partial charge < -0.3 is 0 Å². The number of piperidine rings is 1. The second-order valence-electron chi connectivity index (χ2n) is 4.54. The highest BCUT2D eigenvalue weighted by Crippen LogP contribution is 2.38. The second kappa shape index (κ2) is 5.22. The smallest absolute Gasteiger partial charge is 0.0175 e. The SMILES string of the molecule is CSCCCN1C2CCC1CC(Br)C2. The van der Waals surface area contributed by atoms with E-state index in [9.17, 15) is 0 Å². The molecular weight excluding hydrogens is 258 g/mol. The molecule has 0 saturated carbocycles. The first-order valence-electron chi connectivity index (χ1n) is 5.70. The highest BCUT2D eigenvalue weighted by atomic mass is 79.9. The normalized spacial score (nSPS) is 37.7. The molecule has 0 spiro atoms. The van der Waals surface area contributed by atoms with E-state index in [-0.39, 0.29) is 0 Å². The van der Waals surface area contributed by atoms with Crippen molar-refractivity contribution < 1.29 is 0 Å². The average Bonchev–Trinajstić information content (AvgIpc) is 2.42. The molecule has 0 aromatic carbocycles. The summed E-state index contributed by atoms with van der Waals surface area (Å²) in [5.41, 5.74) is 0. The van der Waals surface area contributed by atoms with Crippen molar-refractivity contribution in [2.45, 2.75) is 49.0 Å². The van der Waals surface area contributed by atoms with Crippen LogP contribution in [0.2, 0.25) is 0 Å². The Morgan fingerprint density at radius 2 is 1.93 bits per heavy atom. The van der Waals surface area contributed by atoms with E-state index in [0.717, 1.165) is 16.9 Å². The van der Waals surface area contributed by atoms with Gasteiger partial charge in [0.15, 0.2) is 0 Å². The van der Waals surface area contributed by atoms with Crippen molar-refractivity contribution in [3.8, 4) is 0 Å². The van der Waals surface area contributed by atoms with Gasteiger partial charge in [0.05, 0.1) is 0 Å². The molecule has 0 amide bonds. The lowest BCUT2D eigenvalue weighted by atomic mass is 10.0. The Morgan fingerprint density at radius 1 is 1.29 bits per heavy atom. The van der Waals surface area contributed by atoms with Gasteiger partial charge in [-0.2, -0.15) is 11.8 Å². The quantitative estimate of drug-likeness (QED) is 0.574. The highest BCUT2D eigenvalue weighted by molar-refractivity contribution is 9.09. The zero-order valence-corrected chi connectivity index (χ0v) is 11.3. The Kier molecular flexibility index (Phi) is 4.21. The number of alkyl halides is 1. The maximum atomic E-state index is 3.79. The van der Waals surface area contributed by atoms with E-state index in [1.165, 1.54) is 44.4 Å². The molecule has 0 aromatic heterocycles. The van der Waals surface area contributed by atoms with E-state index in [4.69, 9.17) is 0 Å². The molecular formula is C11H20BrNS. The van der Waals surface area contributed by atoms with E-state index in [0.29, 0.717) is 0 Å². The molecule has 1 nitrogen and oxygen atoms in total. The summed E-state index contributed by atoms with van der Waals surface area (Å²) in [4.78, 5) is 3.59. The Labute approximate surface area is 100 Å². The van der Waals surface area contributed by atoms with Crippen molar-refractivity contribution in [2.75, 3.05) is 18.6 Å². The molecule has 2 aliphatic rings. The van der Waals surface area contributed by atoms with Crippen LogP contribution in [0, 0.1) is 0 Å². The van der Waals surface area contributed by atoms with E-state index in [2.05, 4.69) is 27.1 Å². The molecule has 14 heavy (non-hydrogen) atoms. The van der Waals surface area contributed by atoms with Crippen LogP contribution < -0.4 is 0 Å². The molecule has 3 heteroatoms. The molecule has 82 valence electrons. The molecule has 0 aliphatic carbocycles. The van der Waals surface area contributed by atoms with Crippen LogP contribution in [0.25, 0.3) is 0 Å². The van der Waals surface area contributed by atoms with Gasteiger partial charge in [0.1, 0.15) is 0 Å². The Bertz CT molecular complexity index is 174. The van der Waals surface area contributed by atoms with Crippen LogP contribution in [0.15, 0.2) is 0 Å². The second-order valence-corrected chi connectivity index (χ2v) is 6.82. The van der Waals surface area contributed by atoms with Crippen molar-refractivity contribution in [1.82, 2.24) is 4.90 Å². The number of nitrogens with zero attached hydrogens (tertiary/aromatic N) is 1. The average molecular weight is 278 g/mol. The standard InChI is InChI=1S/C11H20BrNS/c1-14-6-2-5-13-10-3-4-11(13)8-9(12)7-10/h9-11H,2-8H2,1H3. The summed E-state index contributed by atoms with van der Waals surface area (Å²) in [5.74, 6) is 1.33. The molecule has 2 fully saturated rings. The van der Waals surface area contributed by atoms with Crippen molar-refractivity contribution >= 4 is 27.7 Å². The third-order valence-corrected chi connectivity index (χ3v) is 5.04.